The van der Waals surface area contributed by atoms with Crippen molar-refractivity contribution in [2.45, 2.75) is 6.18 Å². The second-order valence-electron chi connectivity index (χ2n) is 3.07. The normalized spacial score (nSPS) is 11.5. The van der Waals surface area contributed by atoms with Crippen molar-refractivity contribution >= 4 is 13.3 Å². The summed E-state index contributed by atoms with van der Waals surface area (Å²) < 4.78 is 42.3. The molecule has 2 nitrogen and oxygen atoms in total. The Hall–Kier alpha value is -1.17. The number of halogens is 3. The largest absolute Gasteiger partial charge is 0.491 e. The van der Waals surface area contributed by atoms with E-state index in [1.54, 1.807) is 7.85 Å². The van der Waals surface area contributed by atoms with Gasteiger partial charge in [-0.3, -0.25) is 0 Å². The highest BCUT2D eigenvalue weighted by Crippen LogP contribution is 2.35. The minimum atomic E-state index is -4.43. The average molecular weight is 218 g/mol. The lowest BCUT2D eigenvalue weighted by atomic mass is 9.94. The molecule has 0 aromatic heterocycles. The number of aliphatic hydroxyl groups excluding tert-OH is 1. The van der Waals surface area contributed by atoms with E-state index in [1.807, 2.05) is 0 Å². The van der Waals surface area contributed by atoms with Crippen LogP contribution in [0.25, 0.3) is 0 Å². The Kier molecular flexibility index (Phi) is 3.63. The predicted octanol–water partition coefficient (Wildman–Crippen LogP) is 0.335. The lowest BCUT2D eigenvalue weighted by Gasteiger charge is -2.13. The second kappa shape index (κ2) is 4.57. The average Bonchev–Trinajstić information content (AvgIpc) is 2.14. The minimum Gasteiger partial charge on any atom is -0.491 e. The van der Waals surface area contributed by atoms with Gasteiger partial charge in [0, 0.05) is 0 Å². The third-order valence-corrected chi connectivity index (χ3v) is 1.79. The topological polar surface area (TPSA) is 29.5 Å². The summed E-state index contributed by atoms with van der Waals surface area (Å²) in [6.07, 6.45) is -4.43. The Balaban J connectivity index is 3.04. The van der Waals surface area contributed by atoms with E-state index >= 15 is 0 Å². The number of hydrogen-bond acceptors (Lipinski definition) is 2. The van der Waals surface area contributed by atoms with Gasteiger partial charge in [0.1, 0.15) is 20.2 Å². The molecule has 0 aliphatic rings. The van der Waals surface area contributed by atoms with E-state index in [1.165, 1.54) is 12.1 Å². The molecular formula is C9H10BF3O2. The highest BCUT2D eigenvalue weighted by molar-refractivity contribution is 6.32. The predicted molar refractivity (Wildman–Crippen MR) is 52.2 cm³/mol. The molecule has 1 aromatic carbocycles. The van der Waals surface area contributed by atoms with E-state index in [-0.39, 0.29) is 19.0 Å². The number of rotatable bonds is 3. The van der Waals surface area contributed by atoms with Crippen LogP contribution in [0.1, 0.15) is 5.56 Å². The first-order valence-corrected chi connectivity index (χ1v) is 4.36. The van der Waals surface area contributed by atoms with Crippen molar-refractivity contribution in [1.29, 1.82) is 0 Å². The number of aliphatic hydroxyl groups is 1. The summed E-state index contributed by atoms with van der Waals surface area (Å²) in [5.74, 6) is -0.248. The van der Waals surface area contributed by atoms with Gasteiger partial charge in [-0.1, -0.05) is 17.6 Å². The van der Waals surface area contributed by atoms with Gasteiger partial charge >= 0.3 is 6.18 Å². The van der Waals surface area contributed by atoms with Gasteiger partial charge in [-0.15, -0.1) is 0 Å². The van der Waals surface area contributed by atoms with Crippen LogP contribution in [-0.2, 0) is 6.18 Å². The van der Waals surface area contributed by atoms with Crippen molar-refractivity contribution in [2.75, 3.05) is 13.2 Å². The van der Waals surface area contributed by atoms with Gasteiger partial charge in [-0.05, 0) is 6.07 Å². The summed E-state index contributed by atoms with van der Waals surface area (Å²) >= 11 is 0. The molecule has 1 aromatic rings. The molecule has 0 aliphatic carbocycles. The van der Waals surface area contributed by atoms with Crippen LogP contribution in [0.2, 0.25) is 0 Å². The van der Waals surface area contributed by atoms with Gasteiger partial charge in [0.05, 0.1) is 12.2 Å². The van der Waals surface area contributed by atoms with Crippen molar-refractivity contribution in [3.63, 3.8) is 0 Å². The summed E-state index contributed by atoms with van der Waals surface area (Å²) in [4.78, 5) is 0. The summed E-state index contributed by atoms with van der Waals surface area (Å²) in [6.45, 7) is -0.461. The maximum atomic E-state index is 12.5. The summed E-state index contributed by atoms with van der Waals surface area (Å²) in [7, 11) is 1.57. The lowest BCUT2D eigenvalue weighted by Crippen LogP contribution is -2.14. The molecule has 0 atom stereocenters. The Morgan fingerprint density at radius 1 is 1.33 bits per heavy atom. The van der Waals surface area contributed by atoms with Crippen molar-refractivity contribution in [3.05, 3.63) is 23.8 Å². The van der Waals surface area contributed by atoms with Crippen LogP contribution in [-0.4, -0.2) is 26.2 Å². The fourth-order valence-electron chi connectivity index (χ4n) is 1.15. The molecule has 0 fully saturated rings. The third-order valence-electron chi connectivity index (χ3n) is 1.79. The number of benzene rings is 1. The molecule has 15 heavy (non-hydrogen) atoms. The van der Waals surface area contributed by atoms with Gasteiger partial charge in [0.2, 0.25) is 0 Å². The third kappa shape index (κ3) is 3.16. The molecule has 1 rings (SSSR count). The van der Waals surface area contributed by atoms with Gasteiger partial charge < -0.3 is 9.84 Å². The highest BCUT2D eigenvalue weighted by atomic mass is 19.4. The molecule has 0 amide bonds. The zero-order chi connectivity index (χ0) is 11.5. The second-order valence-corrected chi connectivity index (χ2v) is 3.07. The first-order chi connectivity index (χ1) is 6.95. The molecule has 6 heteroatoms. The van der Waals surface area contributed by atoms with E-state index in [2.05, 4.69) is 0 Å². The van der Waals surface area contributed by atoms with Gasteiger partial charge in [-0.25, -0.2) is 0 Å². The van der Waals surface area contributed by atoms with E-state index in [0.717, 1.165) is 6.07 Å². The highest BCUT2D eigenvalue weighted by Gasteiger charge is 2.34. The van der Waals surface area contributed by atoms with Crippen LogP contribution < -0.4 is 10.2 Å². The lowest BCUT2D eigenvalue weighted by molar-refractivity contribution is -0.139. The molecule has 82 valence electrons. The zero-order valence-corrected chi connectivity index (χ0v) is 8.14. The van der Waals surface area contributed by atoms with Crippen molar-refractivity contribution in [3.8, 4) is 5.75 Å². The maximum Gasteiger partial charge on any atom is 0.419 e. The molecule has 0 bridgehead atoms. The molecule has 0 saturated carbocycles. The molecule has 0 saturated heterocycles. The summed E-state index contributed by atoms with van der Waals surface area (Å²) in [5, 5.41) is 8.47. The summed E-state index contributed by atoms with van der Waals surface area (Å²) in [5.41, 5.74) is -0.297. The standard InChI is InChI=1S/C9H10BF3O2/c10-6-1-2-8(15-4-3-14)7(5-6)9(11,12)13/h1-2,5,14H,3-4,10H2. The molecule has 0 heterocycles. The van der Waals surface area contributed by atoms with Crippen LogP contribution in [0.5, 0.6) is 5.75 Å². The van der Waals surface area contributed by atoms with E-state index in [0.29, 0.717) is 5.46 Å². The Morgan fingerprint density at radius 3 is 2.53 bits per heavy atom. The first-order valence-electron chi connectivity index (χ1n) is 4.36. The van der Waals surface area contributed by atoms with Crippen LogP contribution in [0.3, 0.4) is 0 Å². The monoisotopic (exact) mass is 218 g/mol. The number of ether oxygens (including phenoxy) is 1. The number of hydrogen-bond donors (Lipinski definition) is 1. The van der Waals surface area contributed by atoms with Crippen LogP contribution in [0.15, 0.2) is 18.2 Å². The van der Waals surface area contributed by atoms with Crippen molar-refractivity contribution < 1.29 is 23.0 Å². The van der Waals surface area contributed by atoms with Gasteiger partial charge in [0.15, 0.2) is 0 Å². The molecule has 0 spiro atoms. The van der Waals surface area contributed by atoms with E-state index < -0.39 is 11.7 Å². The minimum absolute atomic E-state index is 0.147. The van der Waals surface area contributed by atoms with Crippen molar-refractivity contribution in [1.82, 2.24) is 0 Å². The summed E-state index contributed by atoms with van der Waals surface area (Å²) in [6, 6.07) is 3.81. The molecule has 0 unspecified atom stereocenters. The molecule has 0 radical (unpaired) electrons. The van der Waals surface area contributed by atoms with E-state index in [9.17, 15) is 13.2 Å². The Bertz CT molecular complexity index is 339. The molecule has 1 N–H and O–H groups in total. The first kappa shape index (κ1) is 11.9. The Labute approximate surface area is 86.1 Å². The smallest absolute Gasteiger partial charge is 0.419 e. The molecular weight excluding hydrogens is 208 g/mol. The SMILES string of the molecule is Bc1ccc(OCCO)c(C(F)(F)F)c1. The Morgan fingerprint density at radius 2 is 2.00 bits per heavy atom. The quantitative estimate of drug-likeness (QED) is 0.741. The van der Waals surface area contributed by atoms with Crippen LogP contribution >= 0.6 is 0 Å². The van der Waals surface area contributed by atoms with Crippen LogP contribution in [0.4, 0.5) is 13.2 Å². The fraction of sp³-hybridized carbons (Fsp3) is 0.333. The fourth-order valence-corrected chi connectivity index (χ4v) is 1.15. The zero-order valence-electron chi connectivity index (χ0n) is 8.14. The van der Waals surface area contributed by atoms with Crippen LogP contribution in [0, 0.1) is 0 Å². The maximum absolute atomic E-state index is 12.5. The number of alkyl halides is 3. The van der Waals surface area contributed by atoms with Gasteiger partial charge in [-0.2, -0.15) is 13.2 Å². The van der Waals surface area contributed by atoms with Gasteiger partial charge in [0.25, 0.3) is 0 Å². The van der Waals surface area contributed by atoms with E-state index in [4.69, 9.17) is 9.84 Å². The molecule has 0 aliphatic heterocycles. The van der Waals surface area contributed by atoms with Crippen molar-refractivity contribution in [2.24, 2.45) is 0 Å².